The van der Waals surface area contributed by atoms with Crippen molar-refractivity contribution in [2.24, 2.45) is 0 Å². The lowest BCUT2D eigenvalue weighted by atomic mass is 10.0. The summed E-state index contributed by atoms with van der Waals surface area (Å²) in [6.45, 7) is 1.98. The largest absolute Gasteiger partial charge is 0.290 e. The fourth-order valence-electron chi connectivity index (χ4n) is 2.85. The zero-order valence-electron chi connectivity index (χ0n) is 10.7. The van der Waals surface area contributed by atoms with Crippen LogP contribution in [-0.2, 0) is 0 Å². The van der Waals surface area contributed by atoms with Crippen LogP contribution in [0.2, 0.25) is 0 Å². The van der Waals surface area contributed by atoms with E-state index in [1.807, 2.05) is 0 Å². The van der Waals surface area contributed by atoms with Crippen molar-refractivity contribution < 1.29 is 0 Å². The van der Waals surface area contributed by atoms with Gasteiger partial charge in [0.25, 0.3) is 0 Å². The summed E-state index contributed by atoms with van der Waals surface area (Å²) in [7, 11) is 0. The van der Waals surface area contributed by atoms with E-state index in [0.29, 0.717) is 0 Å². The predicted molar refractivity (Wildman–Crippen MR) is 80.4 cm³/mol. The van der Waals surface area contributed by atoms with Gasteiger partial charge in [-0.05, 0) is 40.8 Å². The number of rotatable bonds is 1. The molecule has 4 rings (SSSR count). The molecule has 2 nitrogen and oxygen atoms in total. The molecule has 1 aliphatic rings. The van der Waals surface area contributed by atoms with Crippen LogP contribution in [0.3, 0.4) is 0 Å². The first-order valence-corrected chi connectivity index (χ1v) is 6.78. The topological polar surface area (TPSA) is 17.3 Å². The zero-order chi connectivity index (χ0) is 12.7. The second-order valence-corrected chi connectivity index (χ2v) is 5.04. The number of nitrogens with zero attached hydrogens (tertiary/aromatic N) is 2. The Labute approximate surface area is 112 Å². The molecule has 93 valence electrons. The van der Waals surface area contributed by atoms with E-state index >= 15 is 0 Å². The highest BCUT2D eigenvalue weighted by Gasteiger charge is 2.15. The molecule has 0 N–H and O–H groups in total. The Bertz CT molecular complexity index is 742. The van der Waals surface area contributed by atoms with Crippen molar-refractivity contribution in [1.82, 2.24) is 5.43 Å². The van der Waals surface area contributed by atoms with Crippen molar-refractivity contribution in [1.29, 1.82) is 0 Å². The van der Waals surface area contributed by atoms with Gasteiger partial charge >= 0.3 is 0 Å². The zero-order valence-corrected chi connectivity index (χ0v) is 10.7. The molecule has 1 fully saturated rings. The first-order valence-electron chi connectivity index (χ1n) is 6.78. The van der Waals surface area contributed by atoms with Gasteiger partial charge in [0.2, 0.25) is 0 Å². The highest BCUT2D eigenvalue weighted by molar-refractivity contribution is 6.03. The third-order valence-corrected chi connectivity index (χ3v) is 3.80. The molecule has 1 aliphatic heterocycles. The fourth-order valence-corrected chi connectivity index (χ4v) is 2.85. The number of hydrogen-bond donors (Lipinski definition) is 0. The Hall–Kier alpha value is -2.06. The van der Waals surface area contributed by atoms with Gasteiger partial charge in [-0.15, -0.1) is 5.43 Å². The van der Waals surface area contributed by atoms with Gasteiger partial charge in [0.15, 0.2) is 0 Å². The summed E-state index contributed by atoms with van der Waals surface area (Å²) >= 11 is 0. The second kappa shape index (κ2) is 4.25. The van der Waals surface area contributed by atoms with Gasteiger partial charge in [-0.25, -0.2) is 0 Å². The molecule has 1 radical (unpaired) electrons. The summed E-state index contributed by atoms with van der Waals surface area (Å²) in [6, 6.07) is 19.6. The van der Waals surface area contributed by atoms with Gasteiger partial charge in [-0.3, -0.25) is 5.01 Å². The van der Waals surface area contributed by atoms with Crippen LogP contribution in [0.4, 0.5) is 5.69 Å². The smallest absolute Gasteiger partial charge is 0.0615 e. The molecule has 2 heteroatoms. The van der Waals surface area contributed by atoms with Crippen molar-refractivity contribution in [3.05, 3.63) is 54.6 Å². The molecule has 0 bridgehead atoms. The highest BCUT2D eigenvalue weighted by atomic mass is 15.5. The Kier molecular flexibility index (Phi) is 2.42. The predicted octanol–water partition coefficient (Wildman–Crippen LogP) is 3.72. The van der Waals surface area contributed by atoms with Gasteiger partial charge in [0.1, 0.15) is 0 Å². The quantitative estimate of drug-likeness (QED) is 0.599. The Morgan fingerprint density at radius 3 is 2.42 bits per heavy atom. The molecule has 19 heavy (non-hydrogen) atoms. The highest BCUT2D eigenvalue weighted by Crippen LogP contribution is 2.31. The van der Waals surface area contributed by atoms with Crippen molar-refractivity contribution in [3.63, 3.8) is 0 Å². The van der Waals surface area contributed by atoms with E-state index < -0.39 is 0 Å². The number of benzene rings is 3. The van der Waals surface area contributed by atoms with Crippen LogP contribution in [0.15, 0.2) is 54.6 Å². The minimum Gasteiger partial charge on any atom is -0.290 e. The van der Waals surface area contributed by atoms with E-state index in [1.54, 1.807) is 0 Å². The van der Waals surface area contributed by atoms with E-state index in [1.165, 1.54) is 27.2 Å². The lowest BCUT2D eigenvalue weighted by Gasteiger charge is -2.18. The molecule has 1 saturated heterocycles. The van der Waals surface area contributed by atoms with E-state index in [4.69, 9.17) is 0 Å². The van der Waals surface area contributed by atoms with Gasteiger partial charge in [-0.1, -0.05) is 36.4 Å². The number of fused-ring (bicyclic) bond motifs is 2. The molecule has 0 aliphatic carbocycles. The fraction of sp³-hybridized carbons (Fsp3) is 0.176. The molecule has 1 heterocycles. The van der Waals surface area contributed by atoms with Crippen molar-refractivity contribution in [3.8, 4) is 0 Å². The maximum absolute atomic E-state index is 4.57. The maximum Gasteiger partial charge on any atom is 0.0615 e. The number of hydrogen-bond acceptors (Lipinski definition) is 1. The minimum atomic E-state index is 0.948. The van der Waals surface area contributed by atoms with Crippen LogP contribution >= 0.6 is 0 Å². The first-order chi connectivity index (χ1) is 9.42. The maximum atomic E-state index is 4.57. The Morgan fingerprint density at radius 2 is 1.63 bits per heavy atom. The molecular formula is C17H15N2. The molecule has 0 spiro atoms. The lowest BCUT2D eigenvalue weighted by Crippen LogP contribution is -2.24. The summed E-state index contributed by atoms with van der Waals surface area (Å²) in [6.07, 6.45) is 1.16. The summed E-state index contributed by atoms with van der Waals surface area (Å²) in [4.78, 5) is 0. The van der Waals surface area contributed by atoms with Gasteiger partial charge in [0, 0.05) is 18.5 Å². The lowest BCUT2D eigenvalue weighted by molar-refractivity contribution is 0.773. The normalized spacial score (nSPS) is 15.5. The van der Waals surface area contributed by atoms with Gasteiger partial charge in [-0.2, -0.15) is 0 Å². The average molecular weight is 247 g/mol. The van der Waals surface area contributed by atoms with Crippen LogP contribution in [0.25, 0.3) is 21.5 Å². The SMILES string of the molecule is c1ccc2cc3c(N4CCC[N]4)cccc3cc2c1. The van der Waals surface area contributed by atoms with E-state index in [0.717, 1.165) is 19.5 Å². The van der Waals surface area contributed by atoms with E-state index in [9.17, 15) is 0 Å². The van der Waals surface area contributed by atoms with Crippen LogP contribution in [-0.4, -0.2) is 13.1 Å². The molecule has 0 atom stereocenters. The summed E-state index contributed by atoms with van der Waals surface area (Å²) < 4.78 is 0. The molecule has 0 saturated carbocycles. The monoisotopic (exact) mass is 247 g/mol. The molecule has 3 aromatic rings. The average Bonchev–Trinajstić information content (AvgIpc) is 2.98. The molecule has 3 aromatic carbocycles. The van der Waals surface area contributed by atoms with Crippen molar-refractivity contribution in [2.45, 2.75) is 6.42 Å². The Morgan fingerprint density at radius 1 is 0.842 bits per heavy atom. The molecule has 0 unspecified atom stereocenters. The summed E-state index contributed by atoms with van der Waals surface area (Å²) in [5, 5.41) is 7.33. The van der Waals surface area contributed by atoms with Crippen LogP contribution in [0.5, 0.6) is 0 Å². The van der Waals surface area contributed by atoms with E-state index in [2.05, 4.69) is 65.0 Å². The molecule has 0 aromatic heterocycles. The third-order valence-electron chi connectivity index (χ3n) is 3.80. The molecular weight excluding hydrogens is 232 g/mol. The van der Waals surface area contributed by atoms with Crippen LogP contribution in [0, 0.1) is 0 Å². The van der Waals surface area contributed by atoms with Crippen LogP contribution in [0.1, 0.15) is 6.42 Å². The second-order valence-electron chi connectivity index (χ2n) is 5.04. The van der Waals surface area contributed by atoms with Crippen LogP contribution < -0.4 is 10.4 Å². The van der Waals surface area contributed by atoms with Gasteiger partial charge < -0.3 is 0 Å². The first kappa shape index (κ1) is 10.8. The standard InChI is InChI=1S/C17H15N2/c1-2-6-14-12-16-15(11-13(14)5-1)7-3-8-17(16)19-10-4-9-18-19/h1-3,5-8,11-12H,4,9-10H2. The van der Waals surface area contributed by atoms with Crippen molar-refractivity contribution >= 4 is 27.2 Å². The minimum absolute atomic E-state index is 0.948. The Balaban J connectivity index is 2.00. The van der Waals surface area contributed by atoms with E-state index in [-0.39, 0.29) is 0 Å². The summed E-state index contributed by atoms with van der Waals surface area (Å²) in [5.41, 5.74) is 5.81. The van der Waals surface area contributed by atoms with Crippen molar-refractivity contribution in [2.75, 3.05) is 18.1 Å². The van der Waals surface area contributed by atoms with Gasteiger partial charge in [0.05, 0.1) is 5.69 Å². The summed E-state index contributed by atoms with van der Waals surface area (Å²) in [5.74, 6) is 0. The third kappa shape index (κ3) is 1.76. The molecule has 0 amide bonds. The number of anilines is 1.